The van der Waals surface area contributed by atoms with Crippen LogP contribution in [0.1, 0.15) is 25.0 Å². The molecule has 0 bridgehead atoms. The van der Waals surface area contributed by atoms with Crippen LogP contribution < -0.4 is 13.9 Å². The fraction of sp³-hybridized carbons (Fsp3) is 0.269. The molecule has 37 heavy (non-hydrogen) atoms. The van der Waals surface area contributed by atoms with Crippen LogP contribution in [0.25, 0.3) is 0 Å². The summed E-state index contributed by atoms with van der Waals surface area (Å²) < 4.78 is 26.7. The fourth-order valence-corrected chi connectivity index (χ4v) is 6.17. The summed E-state index contributed by atoms with van der Waals surface area (Å²) in [5.41, 5.74) is 2.39. The Morgan fingerprint density at radius 2 is 1.81 bits per heavy atom. The molecule has 0 aromatic heterocycles. The van der Waals surface area contributed by atoms with Gasteiger partial charge in [0.1, 0.15) is 17.2 Å². The number of ether oxygens (including phenoxy) is 4. The minimum atomic E-state index is -1.44. The molecule has 2 unspecified atom stereocenters. The van der Waals surface area contributed by atoms with Crippen LogP contribution in [0.3, 0.4) is 0 Å². The molecular formula is C26H24ClN3O6S. The van der Waals surface area contributed by atoms with E-state index in [4.69, 9.17) is 35.6 Å². The molecule has 0 spiro atoms. The lowest BCUT2D eigenvalue weighted by Crippen LogP contribution is -2.62. The number of nitro benzene ring substituents is 1. The molecule has 2 aliphatic heterocycles. The lowest BCUT2D eigenvalue weighted by atomic mass is 9.88. The van der Waals surface area contributed by atoms with Gasteiger partial charge >= 0.3 is 0 Å². The Labute approximate surface area is 223 Å². The van der Waals surface area contributed by atoms with Gasteiger partial charge in [0.15, 0.2) is 0 Å². The predicted molar refractivity (Wildman–Crippen MR) is 142 cm³/mol. The number of nitro groups is 1. The monoisotopic (exact) mass is 541 g/mol. The number of nitrogens with zero attached hydrogens (tertiary/aromatic N) is 3. The van der Waals surface area contributed by atoms with Gasteiger partial charge in [0.25, 0.3) is 11.5 Å². The molecule has 11 heteroatoms. The summed E-state index contributed by atoms with van der Waals surface area (Å²) in [6.45, 7) is 4.41. The number of fused-ring (bicyclic) bond motifs is 3. The van der Waals surface area contributed by atoms with Crippen molar-refractivity contribution in [3.05, 3.63) is 93.0 Å². The summed E-state index contributed by atoms with van der Waals surface area (Å²) >= 11 is 7.75. The van der Waals surface area contributed by atoms with Crippen LogP contribution in [-0.4, -0.2) is 35.9 Å². The third-order valence-electron chi connectivity index (χ3n) is 6.06. The van der Waals surface area contributed by atoms with Crippen LogP contribution in [0, 0.1) is 10.1 Å². The fourth-order valence-electron chi connectivity index (χ4n) is 4.49. The number of rotatable bonds is 8. The molecule has 0 aliphatic carbocycles. The smallest absolute Gasteiger partial charge is 0.284 e. The van der Waals surface area contributed by atoms with Crippen molar-refractivity contribution in [1.82, 2.24) is 0 Å². The zero-order chi connectivity index (χ0) is 26.2. The van der Waals surface area contributed by atoms with E-state index in [9.17, 15) is 10.1 Å². The van der Waals surface area contributed by atoms with Crippen molar-refractivity contribution in [2.75, 3.05) is 24.7 Å². The molecule has 5 rings (SSSR count). The molecule has 0 saturated heterocycles. The maximum Gasteiger partial charge on any atom is 0.284 e. The van der Waals surface area contributed by atoms with Gasteiger partial charge in [-0.05, 0) is 56.3 Å². The van der Waals surface area contributed by atoms with Gasteiger partial charge in [0.2, 0.25) is 4.93 Å². The number of benzene rings is 3. The van der Waals surface area contributed by atoms with Crippen molar-refractivity contribution in [3.63, 3.8) is 0 Å². The molecular weight excluding hydrogens is 518 g/mol. The molecule has 0 fully saturated rings. The minimum absolute atomic E-state index is 0.113. The normalized spacial score (nSPS) is 22.1. The number of halogens is 1. The van der Waals surface area contributed by atoms with Gasteiger partial charge in [0, 0.05) is 48.4 Å². The summed E-state index contributed by atoms with van der Waals surface area (Å²) in [6.07, 6.45) is 0. The van der Waals surface area contributed by atoms with Gasteiger partial charge in [-0.15, -0.1) is 0 Å². The van der Waals surface area contributed by atoms with Gasteiger partial charge in [-0.2, -0.15) is 5.10 Å². The topological polar surface area (TPSA) is 95.7 Å². The van der Waals surface area contributed by atoms with Crippen LogP contribution in [0.4, 0.5) is 11.4 Å². The van der Waals surface area contributed by atoms with Crippen molar-refractivity contribution in [1.29, 1.82) is 0 Å². The maximum absolute atomic E-state index is 11.3. The molecule has 2 aliphatic rings. The first kappa shape index (κ1) is 25.3. The number of anilines is 1. The predicted octanol–water partition coefficient (Wildman–Crippen LogP) is 6.14. The summed E-state index contributed by atoms with van der Waals surface area (Å²) in [6, 6.07) is 19.2. The molecule has 9 nitrogen and oxygen atoms in total. The second kappa shape index (κ2) is 9.86. The first-order valence-corrected chi connectivity index (χ1v) is 12.8. The quantitative estimate of drug-likeness (QED) is 0.190. The highest BCUT2D eigenvalue weighted by Gasteiger charge is 2.68. The summed E-state index contributed by atoms with van der Waals surface area (Å²) in [7, 11) is 1.60. The first-order valence-electron chi connectivity index (χ1n) is 11.6. The molecule has 3 aromatic rings. The number of hydrogen-bond acceptors (Lipinski definition) is 9. The molecule has 2 atom stereocenters. The van der Waals surface area contributed by atoms with Gasteiger partial charge < -0.3 is 18.9 Å². The highest BCUT2D eigenvalue weighted by atomic mass is 35.5. The van der Waals surface area contributed by atoms with Crippen molar-refractivity contribution >= 4 is 40.6 Å². The van der Waals surface area contributed by atoms with Crippen LogP contribution >= 0.6 is 23.5 Å². The van der Waals surface area contributed by atoms with Gasteiger partial charge in [-0.25, -0.2) is 4.41 Å². The van der Waals surface area contributed by atoms with Gasteiger partial charge in [-0.3, -0.25) is 10.1 Å². The Hall–Kier alpha value is -3.31. The number of non-ortho nitro benzene ring substituents is 1. The highest BCUT2D eigenvalue weighted by Crippen LogP contribution is 2.59. The average Bonchev–Trinajstić information content (AvgIpc) is 3.30. The molecule has 0 amide bonds. The lowest BCUT2D eigenvalue weighted by Gasteiger charge is -2.49. The van der Waals surface area contributed by atoms with E-state index in [-0.39, 0.29) is 10.7 Å². The van der Waals surface area contributed by atoms with Crippen molar-refractivity contribution in [2.45, 2.75) is 24.6 Å². The second-order valence-corrected chi connectivity index (χ2v) is 9.64. The van der Waals surface area contributed by atoms with E-state index in [0.29, 0.717) is 41.7 Å². The standard InChI is InChI=1S/C26H24ClN3O6S/c1-4-34-25(17-10-13-19(33-3)14-11-17)26(35-5-2)24(20-8-6-7-9-23(20)36-25)28-29(37-26)22-15-12-18(30(31)32)16-21(22)27/h6-16H,4-5H2,1-3H3. The van der Waals surface area contributed by atoms with E-state index in [2.05, 4.69) is 0 Å². The van der Waals surface area contributed by atoms with E-state index < -0.39 is 15.6 Å². The van der Waals surface area contributed by atoms with Crippen LogP contribution in [-0.2, 0) is 15.3 Å². The Morgan fingerprint density at radius 3 is 2.46 bits per heavy atom. The van der Waals surface area contributed by atoms with Crippen LogP contribution in [0.15, 0.2) is 71.8 Å². The van der Waals surface area contributed by atoms with E-state index in [1.54, 1.807) is 17.6 Å². The third-order valence-corrected chi connectivity index (χ3v) is 7.65. The Kier molecular flexibility index (Phi) is 6.76. The minimum Gasteiger partial charge on any atom is -0.497 e. The van der Waals surface area contributed by atoms with E-state index in [1.807, 2.05) is 62.4 Å². The van der Waals surface area contributed by atoms with Crippen LogP contribution in [0.2, 0.25) is 5.02 Å². The van der Waals surface area contributed by atoms with Crippen molar-refractivity contribution in [2.24, 2.45) is 5.10 Å². The summed E-state index contributed by atoms with van der Waals surface area (Å²) in [5.74, 6) is -0.174. The van der Waals surface area contributed by atoms with E-state index >= 15 is 0 Å². The molecule has 3 aromatic carbocycles. The summed E-state index contributed by atoms with van der Waals surface area (Å²) in [5, 5.41) is 16.4. The molecule has 0 saturated carbocycles. The van der Waals surface area contributed by atoms with E-state index in [1.165, 1.54) is 24.1 Å². The van der Waals surface area contributed by atoms with Gasteiger partial charge in [-0.1, -0.05) is 23.7 Å². The van der Waals surface area contributed by atoms with Gasteiger partial charge in [0.05, 0.1) is 22.7 Å². The first-order chi connectivity index (χ1) is 17.9. The molecule has 2 heterocycles. The van der Waals surface area contributed by atoms with Crippen molar-refractivity contribution < 1.29 is 23.9 Å². The molecule has 0 N–H and O–H groups in total. The second-order valence-electron chi connectivity index (χ2n) is 8.13. The number of methoxy groups -OCH3 is 1. The number of hydrazone groups is 1. The average molecular weight is 542 g/mol. The number of hydrogen-bond donors (Lipinski definition) is 0. The zero-order valence-corrected chi connectivity index (χ0v) is 21.9. The zero-order valence-electron chi connectivity index (χ0n) is 20.3. The number of para-hydroxylation sites is 1. The Balaban J connectivity index is 1.74. The largest absolute Gasteiger partial charge is 0.497 e. The Morgan fingerprint density at radius 1 is 1.08 bits per heavy atom. The maximum atomic E-state index is 11.3. The van der Waals surface area contributed by atoms with Crippen LogP contribution in [0.5, 0.6) is 11.5 Å². The highest BCUT2D eigenvalue weighted by molar-refractivity contribution is 8.03. The summed E-state index contributed by atoms with van der Waals surface area (Å²) in [4.78, 5) is 9.48. The van der Waals surface area contributed by atoms with E-state index in [0.717, 1.165) is 5.56 Å². The SMILES string of the molecule is CCOC12SN(c3ccc([N+](=O)[O-])cc3Cl)N=C1c1ccccc1OC2(OCC)c1ccc(OC)cc1. The third kappa shape index (κ3) is 4.00. The Bertz CT molecular complexity index is 1370. The molecule has 192 valence electrons. The lowest BCUT2D eigenvalue weighted by molar-refractivity contribution is -0.384. The molecule has 0 radical (unpaired) electrons. The van der Waals surface area contributed by atoms with Crippen molar-refractivity contribution in [3.8, 4) is 11.5 Å².